The largest absolute Gasteiger partial charge is 0.349 e. The Morgan fingerprint density at radius 2 is 2.17 bits per heavy atom. The van der Waals surface area contributed by atoms with Gasteiger partial charge in [0.05, 0.1) is 19.4 Å². The van der Waals surface area contributed by atoms with Crippen LogP contribution in [-0.2, 0) is 6.54 Å². The van der Waals surface area contributed by atoms with Crippen LogP contribution in [0.15, 0.2) is 29.3 Å². The van der Waals surface area contributed by atoms with Crippen LogP contribution in [0.3, 0.4) is 0 Å². The number of fused-ring (bicyclic) bond motifs is 3. The zero-order valence-electron chi connectivity index (χ0n) is 13.4. The standard InChI is InChI=1S/C17H21N5O/c1-12-3-2-4-13-14(12)15-16(20-13)17(23)22(11-19-15)10-9-21-7-5-18-6-8-21/h2-4,11,18,20H,5-10H2,1H3/p+2. The molecule has 6 nitrogen and oxygen atoms in total. The Kier molecular flexibility index (Phi) is 3.63. The maximum atomic E-state index is 12.8. The highest BCUT2D eigenvalue weighted by molar-refractivity contribution is 6.06. The summed E-state index contributed by atoms with van der Waals surface area (Å²) in [5.74, 6) is 0. The molecule has 6 heteroatoms. The van der Waals surface area contributed by atoms with Crippen molar-refractivity contribution in [2.45, 2.75) is 13.5 Å². The van der Waals surface area contributed by atoms with Crippen LogP contribution >= 0.6 is 0 Å². The van der Waals surface area contributed by atoms with Crippen molar-refractivity contribution >= 4 is 21.9 Å². The number of nitrogens with zero attached hydrogens (tertiary/aromatic N) is 2. The summed E-state index contributed by atoms with van der Waals surface area (Å²) in [5, 5.41) is 3.42. The first-order chi connectivity index (χ1) is 11.2. The van der Waals surface area contributed by atoms with Gasteiger partial charge in [0.25, 0.3) is 5.56 Å². The van der Waals surface area contributed by atoms with E-state index >= 15 is 0 Å². The number of hydrogen-bond donors (Lipinski definition) is 3. The summed E-state index contributed by atoms with van der Waals surface area (Å²) in [6, 6.07) is 6.06. The summed E-state index contributed by atoms with van der Waals surface area (Å²) in [6.07, 6.45) is 1.71. The number of nitrogens with two attached hydrogens (primary N) is 1. The Labute approximate surface area is 134 Å². The molecule has 3 heterocycles. The molecule has 0 bridgehead atoms. The van der Waals surface area contributed by atoms with Gasteiger partial charge in [-0.1, -0.05) is 12.1 Å². The van der Waals surface area contributed by atoms with Gasteiger partial charge in [0, 0.05) is 10.9 Å². The van der Waals surface area contributed by atoms with Crippen LogP contribution in [-0.4, -0.2) is 47.3 Å². The maximum Gasteiger partial charge on any atom is 0.277 e. The quantitative estimate of drug-likeness (QED) is 0.559. The summed E-state index contributed by atoms with van der Waals surface area (Å²) >= 11 is 0. The average molecular weight is 313 g/mol. The number of piperazine rings is 1. The highest BCUT2D eigenvalue weighted by Crippen LogP contribution is 2.24. The highest BCUT2D eigenvalue weighted by Gasteiger charge is 2.16. The Morgan fingerprint density at radius 3 is 3.00 bits per heavy atom. The fourth-order valence-corrected chi connectivity index (χ4v) is 3.58. The number of nitrogens with one attached hydrogen (secondary N) is 2. The molecule has 0 saturated carbocycles. The van der Waals surface area contributed by atoms with Gasteiger partial charge in [0.2, 0.25) is 0 Å². The number of rotatable bonds is 3. The lowest BCUT2D eigenvalue weighted by Gasteiger charge is -2.22. The molecule has 1 aliphatic rings. The summed E-state index contributed by atoms with van der Waals surface area (Å²) in [7, 11) is 0. The number of benzene rings is 1. The Bertz CT molecular complexity index is 904. The van der Waals surface area contributed by atoms with Crippen molar-refractivity contribution < 1.29 is 10.2 Å². The first-order valence-corrected chi connectivity index (χ1v) is 8.36. The molecule has 0 atom stereocenters. The summed E-state index contributed by atoms with van der Waals surface area (Å²) in [5.41, 5.74) is 3.58. The molecule has 23 heavy (non-hydrogen) atoms. The van der Waals surface area contributed by atoms with Gasteiger partial charge in [-0.2, -0.15) is 0 Å². The molecular formula is C17H23N5O+2. The SMILES string of the molecule is Cc1cccc2[nH]c3c(=O)n(CC[NH+]4CC[NH2+]CC4)cnc3c12. The molecule has 0 amide bonds. The third kappa shape index (κ3) is 2.54. The molecule has 1 fully saturated rings. The molecule has 0 radical (unpaired) electrons. The number of hydrogen-bond acceptors (Lipinski definition) is 2. The molecule has 4 N–H and O–H groups in total. The van der Waals surface area contributed by atoms with Gasteiger partial charge in [0.1, 0.15) is 37.2 Å². The van der Waals surface area contributed by atoms with E-state index in [0.717, 1.165) is 35.1 Å². The summed E-state index contributed by atoms with van der Waals surface area (Å²) in [6.45, 7) is 8.49. The van der Waals surface area contributed by atoms with E-state index in [-0.39, 0.29) is 5.56 Å². The lowest BCUT2D eigenvalue weighted by molar-refractivity contribution is -0.947. The Balaban J connectivity index is 1.69. The van der Waals surface area contributed by atoms with Crippen molar-refractivity contribution in [3.05, 3.63) is 40.4 Å². The van der Waals surface area contributed by atoms with Crippen LogP contribution in [0.4, 0.5) is 0 Å². The monoisotopic (exact) mass is 313 g/mol. The number of quaternary nitrogens is 2. The van der Waals surface area contributed by atoms with Crippen molar-refractivity contribution in [2.75, 3.05) is 32.7 Å². The molecule has 2 aromatic heterocycles. The van der Waals surface area contributed by atoms with E-state index in [4.69, 9.17) is 0 Å². The average Bonchev–Trinajstić information content (AvgIpc) is 2.96. The van der Waals surface area contributed by atoms with E-state index in [0.29, 0.717) is 5.52 Å². The minimum Gasteiger partial charge on any atom is -0.349 e. The molecular weight excluding hydrogens is 290 g/mol. The van der Waals surface area contributed by atoms with E-state index in [9.17, 15) is 4.79 Å². The predicted octanol–water partition coefficient (Wildman–Crippen LogP) is -1.35. The van der Waals surface area contributed by atoms with Crippen molar-refractivity contribution in [3.63, 3.8) is 0 Å². The van der Waals surface area contributed by atoms with Crippen molar-refractivity contribution in [1.29, 1.82) is 0 Å². The first-order valence-electron chi connectivity index (χ1n) is 8.36. The molecule has 1 aliphatic heterocycles. The number of aromatic nitrogens is 3. The van der Waals surface area contributed by atoms with E-state index in [1.807, 2.05) is 12.1 Å². The van der Waals surface area contributed by atoms with Crippen LogP contribution in [0.2, 0.25) is 0 Å². The zero-order chi connectivity index (χ0) is 15.8. The Morgan fingerprint density at radius 1 is 1.35 bits per heavy atom. The van der Waals surface area contributed by atoms with Crippen LogP contribution in [0.5, 0.6) is 0 Å². The maximum absolute atomic E-state index is 12.8. The second-order valence-electron chi connectivity index (χ2n) is 6.46. The van der Waals surface area contributed by atoms with Gasteiger partial charge in [-0.25, -0.2) is 4.98 Å². The van der Waals surface area contributed by atoms with Gasteiger partial charge < -0.3 is 15.2 Å². The van der Waals surface area contributed by atoms with E-state index < -0.39 is 0 Å². The van der Waals surface area contributed by atoms with Crippen molar-refractivity contribution in [2.24, 2.45) is 0 Å². The number of aromatic amines is 1. The minimum absolute atomic E-state index is 0.0357. The summed E-state index contributed by atoms with van der Waals surface area (Å²) < 4.78 is 1.75. The second-order valence-corrected chi connectivity index (χ2v) is 6.46. The van der Waals surface area contributed by atoms with Crippen LogP contribution < -0.4 is 15.8 Å². The van der Waals surface area contributed by atoms with Crippen molar-refractivity contribution in [3.8, 4) is 0 Å². The van der Waals surface area contributed by atoms with Crippen molar-refractivity contribution in [1.82, 2.24) is 14.5 Å². The third-order valence-electron chi connectivity index (χ3n) is 4.92. The topological polar surface area (TPSA) is 71.7 Å². The normalized spacial score (nSPS) is 16.4. The molecule has 0 unspecified atom stereocenters. The number of aryl methyl sites for hydroxylation is 1. The summed E-state index contributed by atoms with van der Waals surface area (Å²) in [4.78, 5) is 22.2. The fourth-order valence-electron chi connectivity index (χ4n) is 3.58. The van der Waals surface area contributed by atoms with Gasteiger partial charge in [0.15, 0.2) is 0 Å². The van der Waals surface area contributed by atoms with Gasteiger partial charge in [-0.15, -0.1) is 0 Å². The Hall–Kier alpha value is -2.18. The molecule has 0 spiro atoms. The number of H-pyrrole nitrogens is 1. The molecule has 120 valence electrons. The van der Waals surface area contributed by atoms with Gasteiger partial charge >= 0.3 is 0 Å². The van der Waals surface area contributed by atoms with Crippen LogP contribution in [0.25, 0.3) is 21.9 Å². The lowest BCUT2D eigenvalue weighted by atomic mass is 10.1. The smallest absolute Gasteiger partial charge is 0.277 e. The highest BCUT2D eigenvalue weighted by atomic mass is 16.1. The van der Waals surface area contributed by atoms with Crippen LogP contribution in [0, 0.1) is 6.92 Å². The second kappa shape index (κ2) is 5.79. The van der Waals surface area contributed by atoms with E-state index in [1.165, 1.54) is 26.2 Å². The molecule has 1 aromatic carbocycles. The molecule has 3 aromatic rings. The van der Waals surface area contributed by atoms with Crippen LogP contribution in [0.1, 0.15) is 5.56 Å². The predicted molar refractivity (Wildman–Crippen MR) is 89.8 cm³/mol. The van der Waals surface area contributed by atoms with Gasteiger partial charge in [-0.3, -0.25) is 9.36 Å². The zero-order valence-corrected chi connectivity index (χ0v) is 13.4. The lowest BCUT2D eigenvalue weighted by Crippen LogP contribution is -3.20. The molecule has 4 rings (SSSR count). The molecule has 1 saturated heterocycles. The molecule has 0 aliphatic carbocycles. The minimum atomic E-state index is 0.0357. The van der Waals surface area contributed by atoms with E-state index in [1.54, 1.807) is 15.8 Å². The third-order valence-corrected chi connectivity index (χ3v) is 4.92. The fraction of sp³-hybridized carbons (Fsp3) is 0.412. The first kappa shape index (κ1) is 14.4. The van der Waals surface area contributed by atoms with Gasteiger partial charge in [-0.05, 0) is 18.6 Å². The van der Waals surface area contributed by atoms with E-state index in [2.05, 4.69) is 28.3 Å².